The summed E-state index contributed by atoms with van der Waals surface area (Å²) in [5, 5.41) is 1.12. The molecule has 0 saturated heterocycles. The first-order chi connectivity index (χ1) is 8.54. The van der Waals surface area contributed by atoms with E-state index in [1.165, 1.54) is 0 Å². The van der Waals surface area contributed by atoms with Crippen LogP contribution < -0.4 is 0 Å². The topological polar surface area (TPSA) is 47.0 Å². The Morgan fingerprint density at radius 3 is 2.72 bits per heavy atom. The summed E-state index contributed by atoms with van der Waals surface area (Å²) in [6.45, 7) is 1.77. The highest BCUT2D eigenvalue weighted by Crippen LogP contribution is 2.20. The fourth-order valence-corrected chi connectivity index (χ4v) is 3.66. The van der Waals surface area contributed by atoms with Crippen LogP contribution in [0.25, 0.3) is 10.9 Å². The number of hydrogen-bond acceptors (Lipinski definition) is 3. The summed E-state index contributed by atoms with van der Waals surface area (Å²) in [5.41, 5.74) is 1.39. The molecule has 0 amide bonds. The molecule has 1 aromatic heterocycles. The number of pyridine rings is 1. The summed E-state index contributed by atoms with van der Waals surface area (Å²) in [6, 6.07) is 9.35. The van der Waals surface area contributed by atoms with Crippen LogP contribution in [-0.2, 0) is 9.84 Å². The Labute approximate surface area is 112 Å². The molecule has 0 aliphatic rings. The Kier molecular flexibility index (Phi) is 3.88. The number of benzene rings is 1. The molecule has 5 heteroatoms. The predicted molar refractivity (Wildman–Crippen MR) is 73.9 cm³/mol. The van der Waals surface area contributed by atoms with Gasteiger partial charge in [0.05, 0.1) is 11.3 Å². The van der Waals surface area contributed by atoms with Gasteiger partial charge in [-0.3, -0.25) is 0 Å². The van der Waals surface area contributed by atoms with Crippen LogP contribution in [0.15, 0.2) is 35.4 Å². The third-order valence-corrected chi connectivity index (χ3v) is 4.81. The van der Waals surface area contributed by atoms with E-state index >= 15 is 0 Å². The third kappa shape index (κ3) is 2.65. The largest absolute Gasteiger partial charge is 0.236 e. The first-order valence-electron chi connectivity index (χ1n) is 5.70. The minimum absolute atomic E-state index is 0.0443. The van der Waals surface area contributed by atoms with Crippen LogP contribution >= 0.6 is 11.6 Å². The normalized spacial score (nSPS) is 11.9. The van der Waals surface area contributed by atoms with Crippen molar-refractivity contribution in [2.75, 3.05) is 11.6 Å². The summed E-state index contributed by atoms with van der Waals surface area (Å²) in [7, 11) is -3.34. The second-order valence-electron chi connectivity index (χ2n) is 4.16. The van der Waals surface area contributed by atoms with E-state index in [0.717, 1.165) is 5.39 Å². The summed E-state index contributed by atoms with van der Waals surface area (Å²) in [4.78, 5) is 4.27. The highest BCUT2D eigenvalue weighted by Gasteiger charge is 2.18. The van der Waals surface area contributed by atoms with Gasteiger partial charge in [0.2, 0.25) is 0 Å². The Balaban J connectivity index is 2.54. The number of aryl methyl sites for hydroxylation is 1. The zero-order valence-corrected chi connectivity index (χ0v) is 11.6. The molecular formula is C13H14ClNO2S. The van der Waals surface area contributed by atoms with Crippen molar-refractivity contribution >= 4 is 32.3 Å². The van der Waals surface area contributed by atoms with Gasteiger partial charge in [-0.15, -0.1) is 11.6 Å². The molecule has 0 fully saturated rings. The average molecular weight is 284 g/mol. The maximum absolute atomic E-state index is 12.1. The van der Waals surface area contributed by atoms with E-state index in [2.05, 4.69) is 4.98 Å². The minimum Gasteiger partial charge on any atom is -0.236 e. The van der Waals surface area contributed by atoms with Crippen molar-refractivity contribution < 1.29 is 8.42 Å². The zero-order chi connectivity index (χ0) is 13.2. The molecule has 3 nitrogen and oxygen atoms in total. The van der Waals surface area contributed by atoms with Crippen molar-refractivity contribution in [2.24, 2.45) is 0 Å². The van der Waals surface area contributed by atoms with Gasteiger partial charge >= 0.3 is 0 Å². The molecule has 0 unspecified atom stereocenters. The van der Waals surface area contributed by atoms with E-state index in [1.807, 2.05) is 30.3 Å². The maximum Gasteiger partial charge on any atom is 0.195 e. The Hall–Kier alpha value is -1.13. The van der Waals surface area contributed by atoms with Crippen LogP contribution in [0.2, 0.25) is 0 Å². The number of halogens is 1. The Morgan fingerprint density at radius 2 is 2.00 bits per heavy atom. The van der Waals surface area contributed by atoms with Crippen LogP contribution in [0.4, 0.5) is 0 Å². The van der Waals surface area contributed by atoms with E-state index in [4.69, 9.17) is 11.6 Å². The minimum atomic E-state index is -3.34. The van der Waals surface area contributed by atoms with Crippen molar-refractivity contribution in [3.05, 3.63) is 35.9 Å². The molecule has 1 heterocycles. The molecule has 0 atom stereocenters. The smallest absolute Gasteiger partial charge is 0.195 e. The molecule has 0 radical (unpaired) electrons. The van der Waals surface area contributed by atoms with Crippen molar-refractivity contribution in [3.8, 4) is 0 Å². The molecule has 0 aliphatic heterocycles. The zero-order valence-electron chi connectivity index (χ0n) is 10.1. The van der Waals surface area contributed by atoms with Gasteiger partial charge in [0, 0.05) is 11.3 Å². The standard InChI is InChI=1S/C13H14ClNO2S/c1-10-9-11-5-2-3-6-12(11)15-13(10)18(16,17)8-4-7-14/h2-3,5-6,9H,4,7-8H2,1H3. The molecule has 2 aromatic rings. The fourth-order valence-electron chi connectivity index (χ4n) is 1.86. The number of fused-ring (bicyclic) bond motifs is 1. The van der Waals surface area contributed by atoms with Gasteiger partial charge in [-0.25, -0.2) is 13.4 Å². The second-order valence-corrected chi connectivity index (χ2v) is 6.57. The number of nitrogens with zero attached hydrogens (tertiary/aromatic N) is 1. The number of alkyl halides is 1. The van der Waals surface area contributed by atoms with E-state index < -0.39 is 9.84 Å². The number of rotatable bonds is 4. The van der Waals surface area contributed by atoms with Crippen molar-refractivity contribution in [2.45, 2.75) is 18.4 Å². The lowest BCUT2D eigenvalue weighted by Gasteiger charge is -2.07. The van der Waals surface area contributed by atoms with E-state index in [9.17, 15) is 8.42 Å². The number of para-hydroxylation sites is 1. The lowest BCUT2D eigenvalue weighted by molar-refractivity contribution is 0.591. The van der Waals surface area contributed by atoms with Gasteiger partial charge in [-0.2, -0.15) is 0 Å². The highest BCUT2D eigenvalue weighted by atomic mass is 35.5. The predicted octanol–water partition coefficient (Wildman–Crippen LogP) is 2.95. The van der Waals surface area contributed by atoms with E-state index in [0.29, 0.717) is 23.4 Å². The van der Waals surface area contributed by atoms with Crippen molar-refractivity contribution in [1.29, 1.82) is 0 Å². The van der Waals surface area contributed by atoms with Crippen molar-refractivity contribution in [3.63, 3.8) is 0 Å². The molecule has 0 aliphatic carbocycles. The van der Waals surface area contributed by atoms with E-state index in [1.54, 1.807) is 6.92 Å². The quantitative estimate of drug-likeness (QED) is 0.811. The maximum atomic E-state index is 12.1. The summed E-state index contributed by atoms with van der Waals surface area (Å²) in [6.07, 6.45) is 0.442. The SMILES string of the molecule is Cc1cc2ccccc2nc1S(=O)(=O)CCCCl. The van der Waals surface area contributed by atoms with Crippen LogP contribution in [0, 0.1) is 6.92 Å². The summed E-state index contributed by atoms with van der Waals surface area (Å²) < 4.78 is 24.3. The number of aromatic nitrogens is 1. The van der Waals surface area contributed by atoms with Gasteiger partial charge < -0.3 is 0 Å². The summed E-state index contributed by atoms with van der Waals surface area (Å²) in [5.74, 6) is 0.383. The summed E-state index contributed by atoms with van der Waals surface area (Å²) >= 11 is 5.55. The van der Waals surface area contributed by atoms with Gasteiger partial charge in [0.25, 0.3) is 0 Å². The van der Waals surface area contributed by atoms with Gasteiger partial charge in [0.15, 0.2) is 14.9 Å². The molecule has 96 valence electrons. The first-order valence-corrected chi connectivity index (χ1v) is 7.88. The average Bonchev–Trinajstić information content (AvgIpc) is 2.35. The monoisotopic (exact) mass is 283 g/mol. The molecule has 2 rings (SSSR count). The first kappa shape index (κ1) is 13.3. The van der Waals surface area contributed by atoms with Gasteiger partial charge in [-0.1, -0.05) is 18.2 Å². The molecule has 1 aromatic carbocycles. The Morgan fingerprint density at radius 1 is 1.28 bits per heavy atom. The van der Waals surface area contributed by atoms with Gasteiger partial charge in [-0.05, 0) is 31.0 Å². The molecular weight excluding hydrogens is 270 g/mol. The third-order valence-electron chi connectivity index (χ3n) is 2.71. The molecule has 0 saturated carbocycles. The Bertz CT molecular complexity index is 668. The number of hydrogen-bond donors (Lipinski definition) is 0. The lowest BCUT2D eigenvalue weighted by atomic mass is 10.2. The lowest BCUT2D eigenvalue weighted by Crippen LogP contribution is -2.11. The van der Waals surface area contributed by atoms with Crippen LogP contribution in [0.5, 0.6) is 0 Å². The number of sulfone groups is 1. The molecule has 0 spiro atoms. The molecule has 18 heavy (non-hydrogen) atoms. The van der Waals surface area contributed by atoms with Crippen LogP contribution in [0.1, 0.15) is 12.0 Å². The molecule has 0 bridgehead atoms. The fraction of sp³-hybridized carbons (Fsp3) is 0.308. The van der Waals surface area contributed by atoms with Gasteiger partial charge in [0.1, 0.15) is 0 Å². The highest BCUT2D eigenvalue weighted by molar-refractivity contribution is 7.91. The second kappa shape index (κ2) is 5.24. The molecule has 0 N–H and O–H groups in total. The van der Waals surface area contributed by atoms with E-state index in [-0.39, 0.29) is 10.8 Å². The van der Waals surface area contributed by atoms with Crippen molar-refractivity contribution in [1.82, 2.24) is 4.98 Å². The van der Waals surface area contributed by atoms with Crippen LogP contribution in [-0.4, -0.2) is 25.0 Å². The van der Waals surface area contributed by atoms with Crippen LogP contribution in [0.3, 0.4) is 0 Å².